The van der Waals surface area contributed by atoms with Crippen LogP contribution in [0.25, 0.3) is 0 Å². The van der Waals surface area contributed by atoms with Crippen molar-refractivity contribution in [2.24, 2.45) is 0 Å². The van der Waals surface area contributed by atoms with Crippen LogP contribution in [0.4, 0.5) is 5.69 Å². The maximum atomic E-state index is 12.1. The van der Waals surface area contributed by atoms with E-state index in [-0.39, 0.29) is 29.4 Å². The number of ether oxygens (including phenoxy) is 1. The highest BCUT2D eigenvalue weighted by atomic mass is 16.6. The van der Waals surface area contributed by atoms with Crippen molar-refractivity contribution in [1.29, 1.82) is 0 Å². The number of nitro groups is 1. The molecule has 7 nitrogen and oxygen atoms in total. The van der Waals surface area contributed by atoms with E-state index in [1.165, 1.54) is 12.1 Å². The second-order valence-corrected chi connectivity index (χ2v) is 5.14. The van der Waals surface area contributed by atoms with Gasteiger partial charge in [0.1, 0.15) is 6.10 Å². The topological polar surface area (TPSA) is 104 Å². The molecule has 0 spiro atoms. The average Bonchev–Trinajstić information content (AvgIpc) is 2.59. The molecule has 2 aromatic carbocycles. The maximum absolute atomic E-state index is 12.1. The van der Waals surface area contributed by atoms with Crippen LogP contribution in [0.1, 0.15) is 40.4 Å². The highest BCUT2D eigenvalue weighted by Crippen LogP contribution is 2.41. The fourth-order valence-electron chi connectivity index (χ4n) is 2.68. The van der Waals surface area contributed by atoms with E-state index >= 15 is 0 Å². The van der Waals surface area contributed by atoms with E-state index in [1.807, 2.05) is 37.3 Å². The first-order chi connectivity index (χ1) is 11.5. The van der Waals surface area contributed by atoms with Gasteiger partial charge in [0.05, 0.1) is 10.5 Å². The molecule has 0 radical (unpaired) electrons. The van der Waals surface area contributed by atoms with Gasteiger partial charge in [0, 0.05) is 18.1 Å². The van der Waals surface area contributed by atoms with E-state index in [0.717, 1.165) is 11.1 Å². The summed E-state index contributed by atoms with van der Waals surface area (Å²) >= 11 is 0. The Morgan fingerprint density at radius 2 is 1.75 bits per heavy atom. The van der Waals surface area contributed by atoms with Gasteiger partial charge in [0.15, 0.2) is 0 Å². The van der Waals surface area contributed by atoms with Crippen molar-refractivity contribution in [2.75, 3.05) is 0 Å². The summed E-state index contributed by atoms with van der Waals surface area (Å²) in [5.41, 5.74) is 1.88. The Bertz CT molecular complexity index is 796. The summed E-state index contributed by atoms with van der Waals surface area (Å²) < 4.78 is 5.48. The van der Waals surface area contributed by atoms with Crippen LogP contribution in [-0.2, 0) is 14.3 Å². The lowest BCUT2D eigenvalue weighted by molar-refractivity contribution is -0.384. The van der Waals surface area contributed by atoms with Gasteiger partial charge in [-0.15, -0.1) is 0 Å². The largest absolute Gasteiger partial charge is 0.453 e. The summed E-state index contributed by atoms with van der Waals surface area (Å²) in [6, 6.07) is 13.9. The van der Waals surface area contributed by atoms with E-state index < -0.39 is 10.9 Å². The second kappa shape index (κ2) is 7.30. The highest BCUT2D eigenvalue weighted by molar-refractivity contribution is 5.93. The third-order valence-corrected chi connectivity index (χ3v) is 3.77. The smallest absolute Gasteiger partial charge is 0.373 e. The van der Waals surface area contributed by atoms with E-state index in [2.05, 4.69) is 0 Å². The predicted octanol–water partition coefficient (Wildman–Crippen LogP) is 3.03. The molecule has 0 saturated carbocycles. The van der Waals surface area contributed by atoms with Crippen LogP contribution in [-0.4, -0.2) is 17.0 Å². The minimum absolute atomic E-state index is 0.0547. The third-order valence-electron chi connectivity index (χ3n) is 3.77. The molecule has 122 valence electrons. The normalized spacial score (nSPS) is 18.3. The summed E-state index contributed by atoms with van der Waals surface area (Å²) in [6.07, 6.45) is -0.118. The quantitative estimate of drug-likeness (QED) is 0.477. The number of non-ortho nitro benzene ring substituents is 1. The standard InChI is InChI=1S/C16H13NO4.CO2/c1-10-13-8-7-12(17(19)20)9-14(13)16(18)21-15(10)11-5-3-2-4-6-11;2-1-3/h2-10,15H,1H3;/t10-,15-;/m1./s1. The first-order valence-corrected chi connectivity index (χ1v) is 7.03. The number of esters is 1. The minimum atomic E-state index is -0.513. The number of nitro benzene ring substituents is 1. The Morgan fingerprint density at radius 1 is 1.12 bits per heavy atom. The van der Waals surface area contributed by atoms with Gasteiger partial charge >= 0.3 is 12.1 Å². The summed E-state index contributed by atoms with van der Waals surface area (Å²) in [5.74, 6) is -0.568. The van der Waals surface area contributed by atoms with Crippen LogP contribution >= 0.6 is 0 Å². The second-order valence-electron chi connectivity index (χ2n) is 5.14. The molecule has 0 saturated heterocycles. The van der Waals surface area contributed by atoms with Crippen LogP contribution in [0.5, 0.6) is 0 Å². The van der Waals surface area contributed by atoms with Gasteiger partial charge in [-0.05, 0) is 11.1 Å². The van der Waals surface area contributed by atoms with Crippen LogP contribution < -0.4 is 0 Å². The van der Waals surface area contributed by atoms with Gasteiger partial charge in [-0.3, -0.25) is 10.1 Å². The van der Waals surface area contributed by atoms with Gasteiger partial charge in [0.25, 0.3) is 5.69 Å². The number of hydrogen-bond donors (Lipinski definition) is 0. The maximum Gasteiger partial charge on any atom is 0.373 e. The van der Waals surface area contributed by atoms with Crippen LogP contribution in [0.2, 0.25) is 0 Å². The van der Waals surface area contributed by atoms with E-state index in [9.17, 15) is 14.9 Å². The molecule has 3 rings (SSSR count). The number of nitrogens with zero attached hydrogens (tertiary/aromatic N) is 1. The molecule has 2 aromatic rings. The van der Waals surface area contributed by atoms with Gasteiger partial charge in [-0.25, -0.2) is 4.79 Å². The summed E-state index contributed by atoms with van der Waals surface area (Å²) in [6.45, 7) is 1.95. The Kier molecular flexibility index (Phi) is 5.19. The van der Waals surface area contributed by atoms with E-state index in [0.29, 0.717) is 0 Å². The summed E-state index contributed by atoms with van der Waals surface area (Å²) in [4.78, 5) is 38.7. The van der Waals surface area contributed by atoms with Crippen molar-refractivity contribution in [3.8, 4) is 0 Å². The number of fused-ring (bicyclic) bond motifs is 1. The third kappa shape index (κ3) is 3.37. The molecule has 0 aliphatic carbocycles. The molecule has 0 N–H and O–H groups in total. The SMILES string of the molecule is C[C@@H]1c2ccc([N+](=O)[O-])cc2C(=O)O[C@H]1c1ccccc1.O=C=O. The van der Waals surface area contributed by atoms with Gasteiger partial charge in [-0.1, -0.05) is 43.3 Å². The first-order valence-electron chi connectivity index (χ1n) is 7.03. The molecular formula is C17H13NO6. The zero-order valence-corrected chi connectivity index (χ0v) is 12.7. The molecule has 0 bridgehead atoms. The van der Waals surface area contributed by atoms with Gasteiger partial charge in [0.2, 0.25) is 0 Å². The molecule has 0 aromatic heterocycles. The zero-order valence-electron chi connectivity index (χ0n) is 12.7. The molecule has 24 heavy (non-hydrogen) atoms. The van der Waals surface area contributed by atoms with Gasteiger partial charge in [-0.2, -0.15) is 9.59 Å². The van der Waals surface area contributed by atoms with Crippen molar-refractivity contribution in [1.82, 2.24) is 0 Å². The Labute approximate surface area is 137 Å². The van der Waals surface area contributed by atoms with Gasteiger partial charge < -0.3 is 4.74 Å². The van der Waals surface area contributed by atoms with E-state index in [1.54, 1.807) is 6.07 Å². The average molecular weight is 327 g/mol. The monoisotopic (exact) mass is 327 g/mol. The number of carbonyl (C=O) groups excluding carboxylic acids is 3. The number of rotatable bonds is 2. The highest BCUT2D eigenvalue weighted by Gasteiger charge is 2.34. The molecular weight excluding hydrogens is 314 g/mol. The lowest BCUT2D eigenvalue weighted by Gasteiger charge is -2.30. The zero-order chi connectivity index (χ0) is 17.7. The molecule has 1 aliphatic heterocycles. The predicted molar refractivity (Wildman–Crippen MR) is 81.1 cm³/mol. The first kappa shape index (κ1) is 17.1. The number of carbonyl (C=O) groups is 1. The summed E-state index contributed by atoms with van der Waals surface area (Å²) in [5, 5.41) is 10.8. The Balaban J connectivity index is 0.000000647. The Morgan fingerprint density at radius 3 is 2.33 bits per heavy atom. The van der Waals surface area contributed by atoms with E-state index in [4.69, 9.17) is 14.3 Å². The number of benzene rings is 2. The molecule has 2 atom stereocenters. The fraction of sp³-hybridized carbons (Fsp3) is 0.176. The minimum Gasteiger partial charge on any atom is -0.453 e. The van der Waals surface area contributed by atoms with Crippen LogP contribution in [0.3, 0.4) is 0 Å². The molecule has 0 fully saturated rings. The van der Waals surface area contributed by atoms with Crippen molar-refractivity contribution in [2.45, 2.75) is 18.9 Å². The molecule has 0 amide bonds. The summed E-state index contributed by atoms with van der Waals surface area (Å²) in [7, 11) is 0. The van der Waals surface area contributed by atoms with Crippen molar-refractivity contribution < 1.29 is 24.0 Å². The number of hydrogen-bond acceptors (Lipinski definition) is 6. The van der Waals surface area contributed by atoms with Crippen molar-refractivity contribution in [3.63, 3.8) is 0 Å². The molecule has 1 heterocycles. The van der Waals surface area contributed by atoms with Crippen LogP contribution in [0.15, 0.2) is 48.5 Å². The van der Waals surface area contributed by atoms with Crippen molar-refractivity contribution in [3.05, 3.63) is 75.3 Å². The molecule has 7 heteroatoms. The lowest BCUT2D eigenvalue weighted by Crippen LogP contribution is -2.25. The fourth-order valence-corrected chi connectivity index (χ4v) is 2.68. The van der Waals surface area contributed by atoms with Crippen LogP contribution in [0, 0.1) is 10.1 Å². The molecule has 1 aliphatic rings. The Hall–Kier alpha value is -3.31. The lowest BCUT2D eigenvalue weighted by atomic mass is 9.85. The van der Waals surface area contributed by atoms with Crippen molar-refractivity contribution >= 4 is 17.8 Å². The number of cyclic esters (lactones) is 1. The molecule has 0 unspecified atom stereocenters.